The van der Waals surface area contributed by atoms with Crippen molar-refractivity contribution < 1.29 is 14.7 Å². The molecule has 2 fully saturated rings. The number of hydrogen-bond donors (Lipinski definition) is 3. The van der Waals surface area contributed by atoms with Crippen molar-refractivity contribution >= 4 is 11.9 Å². The number of rotatable bonds is 4. The van der Waals surface area contributed by atoms with Gasteiger partial charge in [0.2, 0.25) is 5.91 Å². The minimum Gasteiger partial charge on any atom is -0.480 e. The maximum Gasteiger partial charge on any atom is 0.329 e. The molecular formula is C16H28N2O3. The number of carboxylic acids is 1. The normalized spacial score (nSPS) is 34.0. The number of carbonyl (C=O) groups is 2. The van der Waals surface area contributed by atoms with E-state index in [0.29, 0.717) is 18.8 Å². The van der Waals surface area contributed by atoms with Crippen LogP contribution in [-0.2, 0) is 9.59 Å². The van der Waals surface area contributed by atoms with E-state index in [0.717, 1.165) is 51.5 Å². The number of amides is 1. The van der Waals surface area contributed by atoms with Gasteiger partial charge in [0, 0.05) is 0 Å². The zero-order valence-corrected chi connectivity index (χ0v) is 13.0. The third kappa shape index (κ3) is 3.96. The molecule has 0 aromatic heterocycles. The Balaban J connectivity index is 1.99. The molecule has 0 aromatic carbocycles. The van der Waals surface area contributed by atoms with Crippen molar-refractivity contribution in [1.29, 1.82) is 0 Å². The molecule has 1 aliphatic carbocycles. The highest BCUT2D eigenvalue weighted by molar-refractivity contribution is 5.89. The molecule has 0 spiro atoms. The highest BCUT2D eigenvalue weighted by Gasteiger charge is 2.43. The van der Waals surface area contributed by atoms with Gasteiger partial charge >= 0.3 is 5.97 Å². The highest BCUT2D eigenvalue weighted by Crippen LogP contribution is 2.34. The lowest BCUT2D eigenvalue weighted by atomic mass is 9.75. The van der Waals surface area contributed by atoms with Crippen molar-refractivity contribution in [3.8, 4) is 0 Å². The summed E-state index contributed by atoms with van der Waals surface area (Å²) in [6.45, 7) is 2.99. The third-order valence-electron chi connectivity index (χ3n) is 5.18. The summed E-state index contributed by atoms with van der Waals surface area (Å²) in [5, 5.41) is 15.7. The second kappa shape index (κ2) is 7.25. The molecule has 2 rings (SSSR count). The van der Waals surface area contributed by atoms with Crippen LogP contribution >= 0.6 is 0 Å². The van der Waals surface area contributed by atoms with Gasteiger partial charge < -0.3 is 15.7 Å². The number of carboxylic acid groups (broad SMARTS) is 1. The summed E-state index contributed by atoms with van der Waals surface area (Å²) in [7, 11) is 0. The molecule has 1 heterocycles. The van der Waals surface area contributed by atoms with E-state index in [1.54, 1.807) is 0 Å². The van der Waals surface area contributed by atoms with Gasteiger partial charge in [-0.1, -0.05) is 26.2 Å². The average molecular weight is 296 g/mol. The van der Waals surface area contributed by atoms with Crippen LogP contribution in [0.1, 0.15) is 64.7 Å². The molecule has 120 valence electrons. The first kappa shape index (κ1) is 16.3. The SMILES string of the molecule is CCC1CCC(NC(=O)C2CCCCCN2)(C(=O)O)CC1. The number of carbonyl (C=O) groups excluding carboxylic acids is 1. The van der Waals surface area contributed by atoms with Crippen molar-refractivity contribution in [2.45, 2.75) is 76.3 Å². The van der Waals surface area contributed by atoms with E-state index in [4.69, 9.17) is 0 Å². The molecule has 1 saturated carbocycles. The van der Waals surface area contributed by atoms with Gasteiger partial charge in [-0.15, -0.1) is 0 Å². The van der Waals surface area contributed by atoms with E-state index < -0.39 is 11.5 Å². The van der Waals surface area contributed by atoms with Crippen molar-refractivity contribution in [1.82, 2.24) is 10.6 Å². The van der Waals surface area contributed by atoms with Gasteiger partial charge in [-0.25, -0.2) is 4.79 Å². The van der Waals surface area contributed by atoms with Crippen molar-refractivity contribution in [3.05, 3.63) is 0 Å². The number of aliphatic carboxylic acids is 1. The minimum atomic E-state index is -1.04. The fourth-order valence-corrected chi connectivity index (χ4v) is 3.55. The maximum atomic E-state index is 12.4. The molecule has 0 aromatic rings. The Labute approximate surface area is 126 Å². The molecule has 1 aliphatic heterocycles. The van der Waals surface area contributed by atoms with Crippen molar-refractivity contribution in [2.75, 3.05) is 6.54 Å². The van der Waals surface area contributed by atoms with Crippen LogP contribution in [0.4, 0.5) is 0 Å². The summed E-state index contributed by atoms with van der Waals surface area (Å²) in [5.41, 5.74) is -1.04. The maximum absolute atomic E-state index is 12.4. The van der Waals surface area contributed by atoms with Gasteiger partial charge in [0.15, 0.2) is 0 Å². The summed E-state index contributed by atoms with van der Waals surface area (Å²) < 4.78 is 0. The van der Waals surface area contributed by atoms with Gasteiger partial charge in [0.1, 0.15) is 5.54 Å². The van der Waals surface area contributed by atoms with Gasteiger partial charge in [-0.3, -0.25) is 4.79 Å². The molecule has 1 unspecified atom stereocenters. The Morgan fingerprint density at radius 3 is 2.52 bits per heavy atom. The molecule has 5 nitrogen and oxygen atoms in total. The third-order valence-corrected chi connectivity index (χ3v) is 5.18. The van der Waals surface area contributed by atoms with Crippen LogP contribution < -0.4 is 10.6 Å². The summed E-state index contributed by atoms with van der Waals surface area (Å²) in [4.78, 5) is 24.2. The number of hydrogen-bond acceptors (Lipinski definition) is 3. The molecule has 1 amide bonds. The van der Waals surface area contributed by atoms with Crippen LogP contribution in [0.15, 0.2) is 0 Å². The molecule has 2 aliphatic rings. The second-order valence-corrected chi connectivity index (χ2v) is 6.58. The van der Waals surface area contributed by atoms with Crippen LogP contribution in [0.2, 0.25) is 0 Å². The Morgan fingerprint density at radius 2 is 1.90 bits per heavy atom. The van der Waals surface area contributed by atoms with E-state index in [9.17, 15) is 14.7 Å². The first-order valence-corrected chi connectivity index (χ1v) is 8.36. The second-order valence-electron chi connectivity index (χ2n) is 6.58. The highest BCUT2D eigenvalue weighted by atomic mass is 16.4. The Morgan fingerprint density at radius 1 is 1.19 bits per heavy atom. The van der Waals surface area contributed by atoms with Gasteiger partial charge in [0.05, 0.1) is 6.04 Å². The zero-order chi connectivity index (χ0) is 15.3. The summed E-state index contributed by atoms with van der Waals surface area (Å²) in [6, 6.07) is -0.229. The predicted molar refractivity (Wildman–Crippen MR) is 81.0 cm³/mol. The molecular weight excluding hydrogens is 268 g/mol. The van der Waals surface area contributed by atoms with Crippen LogP contribution in [0.3, 0.4) is 0 Å². The molecule has 1 atom stereocenters. The summed E-state index contributed by atoms with van der Waals surface area (Å²) >= 11 is 0. The molecule has 0 radical (unpaired) electrons. The van der Waals surface area contributed by atoms with Crippen molar-refractivity contribution in [2.24, 2.45) is 5.92 Å². The zero-order valence-electron chi connectivity index (χ0n) is 13.0. The van der Waals surface area contributed by atoms with E-state index in [-0.39, 0.29) is 11.9 Å². The smallest absolute Gasteiger partial charge is 0.329 e. The predicted octanol–water partition coefficient (Wildman–Crippen LogP) is 2.06. The summed E-state index contributed by atoms with van der Waals surface area (Å²) in [6.07, 6.45) is 8.04. The van der Waals surface area contributed by atoms with Crippen LogP contribution in [0.5, 0.6) is 0 Å². The lowest BCUT2D eigenvalue weighted by Crippen LogP contribution is -2.60. The Bertz CT molecular complexity index is 368. The topological polar surface area (TPSA) is 78.4 Å². The van der Waals surface area contributed by atoms with E-state index >= 15 is 0 Å². The monoisotopic (exact) mass is 296 g/mol. The number of nitrogens with one attached hydrogen (secondary N) is 2. The molecule has 21 heavy (non-hydrogen) atoms. The molecule has 5 heteroatoms. The molecule has 1 saturated heterocycles. The largest absolute Gasteiger partial charge is 0.480 e. The first-order valence-electron chi connectivity index (χ1n) is 8.36. The minimum absolute atomic E-state index is 0.130. The molecule has 0 bridgehead atoms. The average Bonchev–Trinajstić information content (AvgIpc) is 2.77. The Kier molecular flexibility index (Phi) is 5.62. The van der Waals surface area contributed by atoms with Crippen LogP contribution in [0.25, 0.3) is 0 Å². The van der Waals surface area contributed by atoms with Crippen molar-refractivity contribution in [3.63, 3.8) is 0 Å². The van der Waals surface area contributed by atoms with Crippen LogP contribution in [0, 0.1) is 5.92 Å². The molecule has 3 N–H and O–H groups in total. The standard InChI is InChI=1S/C16H28N2O3/c1-2-12-7-9-16(10-8-12,15(20)21)18-14(19)13-6-4-3-5-11-17-13/h12-13,17H,2-11H2,1H3,(H,18,19)(H,20,21). The summed E-state index contributed by atoms with van der Waals surface area (Å²) in [5.74, 6) is -0.404. The van der Waals surface area contributed by atoms with Gasteiger partial charge in [-0.05, 0) is 51.0 Å². The van der Waals surface area contributed by atoms with Crippen LogP contribution in [-0.4, -0.2) is 35.1 Å². The lowest BCUT2D eigenvalue weighted by molar-refractivity contribution is -0.150. The lowest BCUT2D eigenvalue weighted by Gasteiger charge is -2.38. The quantitative estimate of drug-likeness (QED) is 0.742. The fourth-order valence-electron chi connectivity index (χ4n) is 3.55. The van der Waals surface area contributed by atoms with E-state index in [1.165, 1.54) is 0 Å². The Hall–Kier alpha value is -1.10. The van der Waals surface area contributed by atoms with E-state index in [2.05, 4.69) is 17.6 Å². The fraction of sp³-hybridized carbons (Fsp3) is 0.875. The van der Waals surface area contributed by atoms with E-state index in [1.807, 2.05) is 0 Å². The first-order chi connectivity index (χ1) is 10.1. The van der Waals surface area contributed by atoms with Gasteiger partial charge in [-0.2, -0.15) is 0 Å². The van der Waals surface area contributed by atoms with Gasteiger partial charge in [0.25, 0.3) is 0 Å².